The molecule has 22 heavy (non-hydrogen) atoms. The molecule has 0 spiro atoms. The van der Waals surface area contributed by atoms with E-state index in [0.29, 0.717) is 31.3 Å². The quantitative estimate of drug-likeness (QED) is 0.930. The van der Waals surface area contributed by atoms with E-state index >= 15 is 0 Å². The van der Waals surface area contributed by atoms with Crippen LogP contribution in [0, 0.1) is 0 Å². The molecule has 5 nitrogen and oxygen atoms in total. The molecule has 6 heteroatoms. The summed E-state index contributed by atoms with van der Waals surface area (Å²) in [5, 5.41) is 3.63. The normalized spacial score (nSPS) is 25.2. The van der Waals surface area contributed by atoms with Crippen molar-refractivity contribution in [1.29, 1.82) is 0 Å². The highest BCUT2D eigenvalue weighted by Crippen LogP contribution is 2.28. The summed E-state index contributed by atoms with van der Waals surface area (Å²) in [5.74, 6) is 0. The lowest BCUT2D eigenvalue weighted by Crippen LogP contribution is -2.48. The monoisotopic (exact) mass is 324 g/mol. The highest BCUT2D eigenvalue weighted by molar-refractivity contribution is 6.31. The van der Waals surface area contributed by atoms with Gasteiger partial charge in [-0.3, -0.25) is 0 Å². The van der Waals surface area contributed by atoms with Crippen LogP contribution in [0.5, 0.6) is 0 Å². The van der Waals surface area contributed by atoms with E-state index in [-0.39, 0.29) is 18.2 Å². The van der Waals surface area contributed by atoms with Gasteiger partial charge in [-0.1, -0.05) is 29.8 Å². The number of benzene rings is 1. The minimum Gasteiger partial charge on any atom is -0.376 e. The van der Waals surface area contributed by atoms with Crippen LogP contribution in [-0.2, 0) is 9.47 Å². The van der Waals surface area contributed by atoms with E-state index in [1.807, 2.05) is 24.3 Å². The van der Waals surface area contributed by atoms with Crippen LogP contribution in [0.1, 0.15) is 24.5 Å². The van der Waals surface area contributed by atoms with E-state index in [1.54, 1.807) is 4.90 Å². The first-order chi connectivity index (χ1) is 10.7. The molecule has 0 aliphatic carbocycles. The van der Waals surface area contributed by atoms with Crippen molar-refractivity contribution < 1.29 is 14.3 Å². The van der Waals surface area contributed by atoms with Gasteiger partial charge in [0.2, 0.25) is 0 Å². The number of urea groups is 1. The topological polar surface area (TPSA) is 50.8 Å². The van der Waals surface area contributed by atoms with Crippen LogP contribution in [0.2, 0.25) is 5.02 Å². The summed E-state index contributed by atoms with van der Waals surface area (Å²) in [6.45, 7) is 3.00. The summed E-state index contributed by atoms with van der Waals surface area (Å²) in [5.41, 5.74) is 0.931. The fraction of sp³-hybridized carbons (Fsp3) is 0.562. The maximum absolute atomic E-state index is 12.3. The highest BCUT2D eigenvalue weighted by atomic mass is 35.5. The van der Waals surface area contributed by atoms with Crippen molar-refractivity contribution in [2.45, 2.75) is 25.0 Å². The first-order valence-electron chi connectivity index (χ1n) is 7.74. The van der Waals surface area contributed by atoms with E-state index in [0.717, 1.165) is 25.0 Å². The van der Waals surface area contributed by atoms with E-state index in [9.17, 15) is 4.79 Å². The molecule has 2 amide bonds. The largest absolute Gasteiger partial charge is 0.376 e. The number of halogens is 1. The number of morpholine rings is 1. The number of nitrogens with zero attached hydrogens (tertiary/aromatic N) is 1. The van der Waals surface area contributed by atoms with Crippen molar-refractivity contribution in [2.24, 2.45) is 0 Å². The second-order valence-electron chi connectivity index (χ2n) is 5.65. The molecule has 1 aromatic rings. The van der Waals surface area contributed by atoms with Crippen LogP contribution in [0.25, 0.3) is 0 Å². The Labute approximate surface area is 135 Å². The van der Waals surface area contributed by atoms with Crippen molar-refractivity contribution in [3.63, 3.8) is 0 Å². The summed E-state index contributed by atoms with van der Waals surface area (Å²) >= 11 is 6.22. The molecule has 0 unspecified atom stereocenters. The zero-order chi connectivity index (χ0) is 15.4. The first-order valence-corrected chi connectivity index (χ1v) is 8.12. The smallest absolute Gasteiger partial charge is 0.317 e. The molecule has 2 atom stereocenters. The predicted octanol–water partition coefficient (Wildman–Crippen LogP) is 2.60. The maximum Gasteiger partial charge on any atom is 0.317 e. The molecule has 2 saturated heterocycles. The van der Waals surface area contributed by atoms with Crippen LogP contribution in [0.4, 0.5) is 4.79 Å². The van der Waals surface area contributed by atoms with Gasteiger partial charge in [-0.05, 0) is 18.9 Å². The second kappa shape index (κ2) is 7.31. The number of hydrogen-bond acceptors (Lipinski definition) is 3. The molecule has 0 saturated carbocycles. The molecular weight excluding hydrogens is 304 g/mol. The lowest BCUT2D eigenvalue weighted by Gasteiger charge is -2.33. The van der Waals surface area contributed by atoms with Crippen molar-refractivity contribution in [3.8, 4) is 0 Å². The van der Waals surface area contributed by atoms with Gasteiger partial charge in [0, 0.05) is 30.3 Å². The highest BCUT2D eigenvalue weighted by Gasteiger charge is 2.27. The summed E-state index contributed by atoms with van der Waals surface area (Å²) < 4.78 is 11.3. The van der Waals surface area contributed by atoms with E-state index in [1.165, 1.54) is 0 Å². The van der Waals surface area contributed by atoms with Gasteiger partial charge < -0.3 is 19.7 Å². The van der Waals surface area contributed by atoms with E-state index in [4.69, 9.17) is 21.1 Å². The molecule has 2 fully saturated rings. The minimum atomic E-state index is -0.170. The van der Waals surface area contributed by atoms with E-state index in [2.05, 4.69) is 5.32 Å². The van der Waals surface area contributed by atoms with Gasteiger partial charge in [0.15, 0.2) is 0 Å². The van der Waals surface area contributed by atoms with Gasteiger partial charge in [-0.15, -0.1) is 0 Å². The molecule has 120 valence electrons. The van der Waals surface area contributed by atoms with Gasteiger partial charge in [-0.25, -0.2) is 4.79 Å². The van der Waals surface area contributed by atoms with Crippen molar-refractivity contribution in [2.75, 3.05) is 32.8 Å². The molecule has 2 aliphatic rings. The number of amides is 2. The number of carbonyl (C=O) groups excluding carboxylic acids is 1. The number of hydrogen-bond donors (Lipinski definition) is 1. The van der Waals surface area contributed by atoms with Crippen LogP contribution in [0.3, 0.4) is 0 Å². The van der Waals surface area contributed by atoms with Crippen LogP contribution in [0.15, 0.2) is 24.3 Å². The average Bonchev–Trinajstić information content (AvgIpc) is 3.06. The standard InChI is InChI=1S/C16H21ClN2O3/c17-14-6-2-1-5-13(14)15-11-19(7-9-22-15)16(20)18-10-12-4-3-8-21-12/h1-2,5-6,12,15H,3-4,7-11H2,(H,18,20)/t12-,15-/m1/s1. The zero-order valence-corrected chi connectivity index (χ0v) is 13.2. The Morgan fingerprint density at radius 2 is 2.18 bits per heavy atom. The van der Waals surface area contributed by atoms with Gasteiger partial charge >= 0.3 is 6.03 Å². The van der Waals surface area contributed by atoms with Crippen LogP contribution < -0.4 is 5.32 Å². The Bertz CT molecular complexity index is 520. The predicted molar refractivity (Wildman–Crippen MR) is 84.1 cm³/mol. The molecule has 2 heterocycles. The third-order valence-electron chi connectivity index (χ3n) is 4.11. The fourth-order valence-electron chi connectivity index (χ4n) is 2.88. The molecule has 3 rings (SSSR count). The van der Waals surface area contributed by atoms with Crippen LogP contribution >= 0.6 is 11.6 Å². The molecule has 0 bridgehead atoms. The Morgan fingerprint density at radius 1 is 1.32 bits per heavy atom. The van der Waals surface area contributed by atoms with Crippen molar-refractivity contribution in [3.05, 3.63) is 34.9 Å². The SMILES string of the molecule is O=C(NC[C@H]1CCCO1)N1CCO[C@@H](c2ccccc2Cl)C1. The number of ether oxygens (including phenoxy) is 2. The average molecular weight is 325 g/mol. The first kappa shape index (κ1) is 15.6. The summed E-state index contributed by atoms with van der Waals surface area (Å²) in [6.07, 6.45) is 2.08. The number of rotatable bonds is 3. The van der Waals surface area contributed by atoms with Gasteiger partial charge in [0.05, 0.1) is 19.3 Å². The fourth-order valence-corrected chi connectivity index (χ4v) is 3.13. The third-order valence-corrected chi connectivity index (χ3v) is 4.45. The molecular formula is C16H21ClN2O3. The molecule has 2 aliphatic heterocycles. The lowest BCUT2D eigenvalue weighted by molar-refractivity contribution is -0.0158. The second-order valence-corrected chi connectivity index (χ2v) is 6.06. The number of carbonyl (C=O) groups is 1. The third kappa shape index (κ3) is 3.72. The molecule has 1 aromatic carbocycles. The van der Waals surface area contributed by atoms with Gasteiger partial charge in [0.1, 0.15) is 6.10 Å². The molecule has 0 aromatic heterocycles. The number of nitrogens with one attached hydrogen (secondary N) is 1. The Hall–Kier alpha value is -1.30. The zero-order valence-electron chi connectivity index (χ0n) is 12.5. The maximum atomic E-state index is 12.3. The van der Waals surface area contributed by atoms with Crippen LogP contribution in [-0.4, -0.2) is 49.9 Å². The summed E-state index contributed by atoms with van der Waals surface area (Å²) in [6, 6.07) is 7.55. The van der Waals surface area contributed by atoms with Gasteiger partial charge in [0.25, 0.3) is 0 Å². The Balaban J connectivity index is 1.55. The Kier molecular flexibility index (Phi) is 5.18. The Morgan fingerprint density at radius 3 is 2.95 bits per heavy atom. The van der Waals surface area contributed by atoms with Gasteiger partial charge in [-0.2, -0.15) is 0 Å². The molecule has 0 radical (unpaired) electrons. The van der Waals surface area contributed by atoms with Crippen molar-refractivity contribution >= 4 is 17.6 Å². The lowest BCUT2D eigenvalue weighted by atomic mass is 10.1. The minimum absolute atomic E-state index is 0.0594. The van der Waals surface area contributed by atoms with E-state index < -0.39 is 0 Å². The van der Waals surface area contributed by atoms with Crippen molar-refractivity contribution in [1.82, 2.24) is 10.2 Å². The molecule has 1 N–H and O–H groups in total. The summed E-state index contributed by atoms with van der Waals surface area (Å²) in [4.78, 5) is 14.1. The summed E-state index contributed by atoms with van der Waals surface area (Å²) in [7, 11) is 0.